The molecule has 0 unspecified atom stereocenters. The van der Waals surface area contributed by atoms with Crippen molar-refractivity contribution in [2.45, 2.75) is 0 Å². The molecule has 6 heteroatoms. The van der Waals surface area contributed by atoms with E-state index >= 15 is 0 Å². The van der Waals surface area contributed by atoms with Gasteiger partial charge in [0.1, 0.15) is 11.3 Å². The van der Waals surface area contributed by atoms with Crippen LogP contribution in [0.25, 0.3) is 5.65 Å². The van der Waals surface area contributed by atoms with Crippen molar-refractivity contribution in [3.05, 3.63) is 50.7 Å². The molecule has 0 saturated heterocycles. The fourth-order valence-corrected chi connectivity index (χ4v) is 1.29. The zero-order valence-electron chi connectivity index (χ0n) is 7.43. The second kappa shape index (κ2) is 3.09. The predicted molar refractivity (Wildman–Crippen MR) is 51.2 cm³/mol. The summed E-state index contributed by atoms with van der Waals surface area (Å²) in [4.78, 5) is 35.8. The van der Waals surface area contributed by atoms with Crippen molar-refractivity contribution in [1.29, 1.82) is 0 Å². The maximum atomic E-state index is 11.4. The number of nitrogens with zero attached hydrogens (tertiary/aromatic N) is 1. The molecular formula is C9H6N2O4. The van der Waals surface area contributed by atoms with Gasteiger partial charge in [0.25, 0.3) is 11.1 Å². The summed E-state index contributed by atoms with van der Waals surface area (Å²) in [7, 11) is 0. The summed E-state index contributed by atoms with van der Waals surface area (Å²) >= 11 is 0. The number of carboxylic acids is 1. The van der Waals surface area contributed by atoms with Gasteiger partial charge in [0.2, 0.25) is 0 Å². The molecule has 2 heterocycles. The van der Waals surface area contributed by atoms with Crippen molar-refractivity contribution in [2.24, 2.45) is 0 Å². The summed E-state index contributed by atoms with van der Waals surface area (Å²) in [5.41, 5.74) is -1.24. The number of fused-ring (bicyclic) bond motifs is 1. The monoisotopic (exact) mass is 206 g/mol. The van der Waals surface area contributed by atoms with Gasteiger partial charge in [0.15, 0.2) is 0 Å². The lowest BCUT2D eigenvalue weighted by Gasteiger charge is -2.00. The van der Waals surface area contributed by atoms with E-state index in [9.17, 15) is 14.4 Å². The molecule has 2 aromatic rings. The lowest BCUT2D eigenvalue weighted by molar-refractivity contribution is 0.0690. The van der Waals surface area contributed by atoms with Crippen molar-refractivity contribution in [3.63, 3.8) is 0 Å². The molecule has 0 aromatic carbocycles. The van der Waals surface area contributed by atoms with E-state index in [2.05, 4.69) is 4.98 Å². The number of hydrogen-bond donors (Lipinski definition) is 2. The Kier molecular flexibility index (Phi) is 1.89. The van der Waals surface area contributed by atoms with Gasteiger partial charge >= 0.3 is 5.97 Å². The third-order valence-electron chi connectivity index (χ3n) is 1.94. The molecule has 0 aliphatic heterocycles. The summed E-state index contributed by atoms with van der Waals surface area (Å²) in [6.45, 7) is 0. The minimum atomic E-state index is -1.24. The summed E-state index contributed by atoms with van der Waals surface area (Å²) in [6.07, 6.45) is 0. The quantitative estimate of drug-likeness (QED) is 0.669. The molecule has 0 amide bonds. The van der Waals surface area contributed by atoms with E-state index in [1.165, 1.54) is 18.2 Å². The van der Waals surface area contributed by atoms with Gasteiger partial charge in [-0.2, -0.15) is 0 Å². The Labute approximate surface area is 82.4 Å². The van der Waals surface area contributed by atoms with Gasteiger partial charge in [-0.25, -0.2) is 9.20 Å². The summed E-state index contributed by atoms with van der Waals surface area (Å²) in [5, 5.41) is 8.68. The molecule has 0 radical (unpaired) electrons. The Morgan fingerprint density at radius 1 is 1.27 bits per heavy atom. The van der Waals surface area contributed by atoms with E-state index in [0.29, 0.717) is 0 Å². The number of carbonyl (C=O) groups is 1. The predicted octanol–water partition coefficient (Wildman–Crippen LogP) is -0.314. The van der Waals surface area contributed by atoms with Gasteiger partial charge in [-0.3, -0.25) is 9.59 Å². The van der Waals surface area contributed by atoms with Gasteiger partial charge in [-0.15, -0.1) is 0 Å². The van der Waals surface area contributed by atoms with Crippen LogP contribution >= 0.6 is 0 Å². The molecule has 2 aromatic heterocycles. The van der Waals surface area contributed by atoms with Crippen LogP contribution in [0.3, 0.4) is 0 Å². The highest BCUT2D eigenvalue weighted by Crippen LogP contribution is 1.95. The Hall–Kier alpha value is -2.37. The first-order valence-electron chi connectivity index (χ1n) is 4.08. The van der Waals surface area contributed by atoms with Crippen LogP contribution < -0.4 is 11.1 Å². The zero-order chi connectivity index (χ0) is 11.0. The van der Waals surface area contributed by atoms with Crippen LogP contribution in [0.15, 0.2) is 33.9 Å². The molecule has 0 saturated carbocycles. The first-order chi connectivity index (χ1) is 7.09. The number of rotatable bonds is 1. The number of aromatic carboxylic acids is 1. The van der Waals surface area contributed by atoms with Crippen LogP contribution in [-0.2, 0) is 0 Å². The van der Waals surface area contributed by atoms with E-state index in [-0.39, 0.29) is 11.3 Å². The third kappa shape index (κ3) is 1.41. The van der Waals surface area contributed by atoms with Crippen molar-refractivity contribution >= 4 is 11.6 Å². The Morgan fingerprint density at radius 3 is 2.67 bits per heavy atom. The standard InChI is InChI=1S/C9H6N2O4/c12-7-3-1-2-6-10-5(9(14)15)4-8(13)11(6)7/h1-4,10H,(H,14,15). The van der Waals surface area contributed by atoms with Crippen molar-refractivity contribution in [2.75, 3.05) is 0 Å². The van der Waals surface area contributed by atoms with Gasteiger partial charge in [-0.05, 0) is 6.07 Å². The van der Waals surface area contributed by atoms with Crippen molar-refractivity contribution in [1.82, 2.24) is 9.38 Å². The highest BCUT2D eigenvalue weighted by atomic mass is 16.4. The highest BCUT2D eigenvalue weighted by molar-refractivity contribution is 5.85. The number of aromatic amines is 1. The number of aromatic nitrogens is 2. The van der Waals surface area contributed by atoms with E-state index in [1.54, 1.807) is 0 Å². The summed E-state index contributed by atoms with van der Waals surface area (Å²) in [6, 6.07) is 4.99. The van der Waals surface area contributed by atoms with Crippen LogP contribution in [0.1, 0.15) is 10.5 Å². The van der Waals surface area contributed by atoms with Crippen LogP contribution in [0.5, 0.6) is 0 Å². The molecular weight excluding hydrogens is 200 g/mol. The molecule has 6 nitrogen and oxygen atoms in total. The largest absolute Gasteiger partial charge is 0.477 e. The fourth-order valence-electron chi connectivity index (χ4n) is 1.29. The maximum absolute atomic E-state index is 11.4. The molecule has 2 rings (SSSR count). The van der Waals surface area contributed by atoms with Gasteiger partial charge in [0.05, 0.1) is 0 Å². The topological polar surface area (TPSA) is 91.6 Å². The van der Waals surface area contributed by atoms with E-state index in [4.69, 9.17) is 5.11 Å². The average Bonchev–Trinajstić information content (AvgIpc) is 2.17. The number of carboxylic acid groups (broad SMARTS) is 1. The Balaban J connectivity index is 2.97. The second-order valence-corrected chi connectivity index (χ2v) is 2.91. The first kappa shape index (κ1) is 9.20. The molecule has 0 bridgehead atoms. The zero-order valence-corrected chi connectivity index (χ0v) is 7.43. The molecule has 0 aliphatic rings. The lowest BCUT2D eigenvalue weighted by atomic mass is 10.4. The second-order valence-electron chi connectivity index (χ2n) is 2.91. The summed E-state index contributed by atoms with van der Waals surface area (Å²) in [5.74, 6) is -1.24. The Bertz CT molecular complexity index is 653. The molecule has 0 fully saturated rings. The molecule has 0 aliphatic carbocycles. The minimum absolute atomic E-state index is 0.160. The number of H-pyrrole nitrogens is 1. The lowest BCUT2D eigenvalue weighted by Crippen LogP contribution is -2.27. The van der Waals surface area contributed by atoms with E-state index in [0.717, 1.165) is 10.5 Å². The maximum Gasteiger partial charge on any atom is 0.352 e. The van der Waals surface area contributed by atoms with Gasteiger partial charge in [0, 0.05) is 12.1 Å². The van der Waals surface area contributed by atoms with Crippen LogP contribution in [0.4, 0.5) is 0 Å². The average molecular weight is 206 g/mol. The van der Waals surface area contributed by atoms with Gasteiger partial charge < -0.3 is 10.1 Å². The molecule has 15 heavy (non-hydrogen) atoms. The molecule has 76 valence electrons. The third-order valence-corrected chi connectivity index (χ3v) is 1.94. The molecule has 0 spiro atoms. The Morgan fingerprint density at radius 2 is 2.00 bits per heavy atom. The van der Waals surface area contributed by atoms with Crippen molar-refractivity contribution < 1.29 is 9.90 Å². The summed E-state index contributed by atoms with van der Waals surface area (Å²) < 4.78 is 0.867. The smallest absolute Gasteiger partial charge is 0.352 e. The molecule has 0 atom stereocenters. The number of hydrogen-bond acceptors (Lipinski definition) is 3. The van der Waals surface area contributed by atoms with Crippen molar-refractivity contribution in [3.8, 4) is 0 Å². The number of nitrogens with one attached hydrogen (secondary N) is 1. The first-order valence-corrected chi connectivity index (χ1v) is 4.08. The highest BCUT2D eigenvalue weighted by Gasteiger charge is 2.07. The fraction of sp³-hybridized carbons (Fsp3) is 0. The van der Waals surface area contributed by atoms with Crippen LogP contribution in [0.2, 0.25) is 0 Å². The SMILES string of the molecule is O=C(O)c1cc(=O)n2c(=O)cccc2[nH]1. The molecule has 2 N–H and O–H groups in total. The van der Waals surface area contributed by atoms with Gasteiger partial charge in [-0.1, -0.05) is 6.07 Å². The number of pyridine rings is 1. The van der Waals surface area contributed by atoms with Crippen LogP contribution in [-0.4, -0.2) is 20.5 Å². The van der Waals surface area contributed by atoms with E-state index in [1.807, 2.05) is 0 Å². The van der Waals surface area contributed by atoms with Crippen LogP contribution in [0, 0.1) is 0 Å². The normalized spacial score (nSPS) is 10.4. The minimum Gasteiger partial charge on any atom is -0.477 e. The van der Waals surface area contributed by atoms with E-state index < -0.39 is 17.1 Å².